The number of hydrogen-bond donors (Lipinski definition) is 1. The Kier molecular flexibility index (Phi) is 1.59. The van der Waals surface area contributed by atoms with Gasteiger partial charge < -0.3 is 15.2 Å². The van der Waals surface area contributed by atoms with Gasteiger partial charge in [0.2, 0.25) is 0 Å². The molecule has 1 aliphatic rings. The van der Waals surface area contributed by atoms with Gasteiger partial charge >= 0.3 is 0 Å². The summed E-state index contributed by atoms with van der Waals surface area (Å²) in [5.74, 6) is 2.67. The van der Waals surface area contributed by atoms with Crippen LogP contribution in [0.5, 0.6) is 23.0 Å². The monoisotopic (exact) mass is 199 g/mol. The molecule has 1 aliphatic heterocycles. The van der Waals surface area contributed by atoms with Crippen molar-refractivity contribution in [2.75, 3.05) is 5.73 Å². The van der Waals surface area contributed by atoms with Gasteiger partial charge in [-0.3, -0.25) is 0 Å². The number of ether oxygens (including phenoxy) is 2. The molecule has 2 aromatic rings. The maximum absolute atomic E-state index is 5.79. The van der Waals surface area contributed by atoms with E-state index in [0.717, 1.165) is 5.75 Å². The summed E-state index contributed by atoms with van der Waals surface area (Å²) in [5, 5.41) is 0. The predicted molar refractivity (Wildman–Crippen MR) is 57.4 cm³/mol. The Bertz CT molecular complexity index is 523. The number of hydrogen-bond acceptors (Lipinski definition) is 3. The normalized spacial score (nSPS) is 12.0. The minimum atomic E-state index is 0.585. The van der Waals surface area contributed by atoms with Crippen molar-refractivity contribution in [2.45, 2.75) is 0 Å². The van der Waals surface area contributed by atoms with Gasteiger partial charge in [-0.2, -0.15) is 0 Å². The van der Waals surface area contributed by atoms with Crippen molar-refractivity contribution in [3.8, 4) is 23.0 Å². The average molecular weight is 199 g/mol. The van der Waals surface area contributed by atoms with E-state index in [1.165, 1.54) is 0 Å². The molecule has 0 atom stereocenters. The van der Waals surface area contributed by atoms with Crippen LogP contribution in [-0.4, -0.2) is 0 Å². The molecule has 0 fully saturated rings. The number of anilines is 1. The van der Waals surface area contributed by atoms with Gasteiger partial charge in [0, 0.05) is 0 Å². The van der Waals surface area contributed by atoms with E-state index in [2.05, 4.69) is 0 Å². The molecule has 1 heterocycles. The zero-order valence-electron chi connectivity index (χ0n) is 7.94. The third kappa shape index (κ3) is 1.21. The second-order valence-corrected chi connectivity index (χ2v) is 3.33. The van der Waals surface area contributed by atoms with Gasteiger partial charge in [-0.05, 0) is 24.3 Å². The summed E-state index contributed by atoms with van der Waals surface area (Å²) >= 11 is 0. The fourth-order valence-corrected chi connectivity index (χ4v) is 1.57. The molecule has 0 bridgehead atoms. The van der Waals surface area contributed by atoms with Gasteiger partial charge in [0.15, 0.2) is 23.0 Å². The molecule has 0 spiro atoms. The fraction of sp³-hybridized carbons (Fsp3) is 0. The van der Waals surface area contributed by atoms with E-state index < -0.39 is 0 Å². The van der Waals surface area contributed by atoms with E-state index in [4.69, 9.17) is 15.2 Å². The van der Waals surface area contributed by atoms with Crippen LogP contribution in [-0.2, 0) is 0 Å². The van der Waals surface area contributed by atoms with Crippen LogP contribution < -0.4 is 15.2 Å². The van der Waals surface area contributed by atoms with Crippen molar-refractivity contribution in [1.82, 2.24) is 0 Å². The lowest BCUT2D eigenvalue weighted by Gasteiger charge is -2.21. The van der Waals surface area contributed by atoms with Crippen molar-refractivity contribution >= 4 is 5.69 Å². The summed E-state index contributed by atoms with van der Waals surface area (Å²) in [4.78, 5) is 0. The highest BCUT2D eigenvalue weighted by atomic mass is 16.6. The van der Waals surface area contributed by atoms with Gasteiger partial charge in [-0.25, -0.2) is 0 Å². The van der Waals surface area contributed by atoms with Crippen molar-refractivity contribution < 1.29 is 9.47 Å². The van der Waals surface area contributed by atoms with E-state index >= 15 is 0 Å². The molecule has 2 aromatic carbocycles. The van der Waals surface area contributed by atoms with Crippen LogP contribution in [0.3, 0.4) is 0 Å². The highest BCUT2D eigenvalue weighted by Gasteiger charge is 2.19. The largest absolute Gasteiger partial charge is 0.449 e. The first-order valence-electron chi connectivity index (χ1n) is 4.68. The third-order valence-electron chi connectivity index (χ3n) is 2.29. The minimum Gasteiger partial charge on any atom is -0.449 e. The van der Waals surface area contributed by atoms with Crippen LogP contribution in [0.1, 0.15) is 0 Å². The second kappa shape index (κ2) is 2.92. The average Bonchev–Trinajstić information content (AvgIpc) is 2.27. The quantitative estimate of drug-likeness (QED) is 0.565. The maximum Gasteiger partial charge on any atom is 0.192 e. The first-order valence-corrected chi connectivity index (χ1v) is 4.68. The summed E-state index contributed by atoms with van der Waals surface area (Å²) in [5.41, 5.74) is 6.38. The van der Waals surface area contributed by atoms with Crippen LogP contribution in [0, 0.1) is 0 Å². The number of rotatable bonds is 0. The number of para-hydroxylation sites is 3. The molecule has 0 saturated heterocycles. The topological polar surface area (TPSA) is 44.5 Å². The SMILES string of the molecule is Nc1cccc2c1Oc1ccccc1O2. The van der Waals surface area contributed by atoms with Crippen molar-refractivity contribution in [3.05, 3.63) is 42.5 Å². The highest BCUT2D eigenvalue weighted by molar-refractivity contribution is 5.65. The lowest BCUT2D eigenvalue weighted by atomic mass is 10.2. The summed E-state index contributed by atoms with van der Waals surface area (Å²) in [6.07, 6.45) is 0. The number of nitrogen functional groups attached to an aromatic ring is 1. The second-order valence-electron chi connectivity index (χ2n) is 3.33. The molecule has 3 heteroatoms. The van der Waals surface area contributed by atoms with Crippen molar-refractivity contribution in [2.24, 2.45) is 0 Å². The van der Waals surface area contributed by atoms with Crippen LogP contribution in [0.25, 0.3) is 0 Å². The number of fused-ring (bicyclic) bond motifs is 2. The standard InChI is InChI=1S/C12H9NO2/c13-8-4-3-7-11-12(8)15-10-6-2-1-5-9(10)14-11/h1-7H,13H2. The Hall–Kier alpha value is -2.16. The molecule has 74 valence electrons. The zero-order valence-corrected chi connectivity index (χ0v) is 7.94. The Labute approximate surface area is 87.0 Å². The predicted octanol–water partition coefficient (Wildman–Crippen LogP) is 3.17. The van der Waals surface area contributed by atoms with Crippen LogP contribution >= 0.6 is 0 Å². The van der Waals surface area contributed by atoms with E-state index in [1.807, 2.05) is 36.4 Å². The lowest BCUT2D eigenvalue weighted by Crippen LogP contribution is -2.01. The van der Waals surface area contributed by atoms with E-state index in [0.29, 0.717) is 22.9 Å². The fourth-order valence-electron chi connectivity index (χ4n) is 1.57. The lowest BCUT2D eigenvalue weighted by molar-refractivity contribution is 0.361. The summed E-state index contributed by atoms with van der Waals surface area (Å²) in [7, 11) is 0. The van der Waals surface area contributed by atoms with Gasteiger partial charge in [0.05, 0.1) is 5.69 Å². The Balaban J connectivity index is 2.15. The molecule has 3 rings (SSSR count). The Morgan fingerprint density at radius 2 is 1.40 bits per heavy atom. The van der Waals surface area contributed by atoms with Crippen molar-refractivity contribution in [1.29, 1.82) is 0 Å². The Morgan fingerprint density at radius 1 is 0.733 bits per heavy atom. The first-order chi connectivity index (χ1) is 7.34. The third-order valence-corrected chi connectivity index (χ3v) is 2.29. The molecule has 15 heavy (non-hydrogen) atoms. The number of nitrogens with two attached hydrogens (primary N) is 1. The molecule has 2 N–H and O–H groups in total. The number of benzene rings is 2. The van der Waals surface area contributed by atoms with Gasteiger partial charge in [0.1, 0.15) is 0 Å². The van der Waals surface area contributed by atoms with E-state index in [-0.39, 0.29) is 0 Å². The van der Waals surface area contributed by atoms with E-state index in [9.17, 15) is 0 Å². The summed E-state index contributed by atoms with van der Waals surface area (Å²) in [6.45, 7) is 0. The molecular formula is C12H9NO2. The van der Waals surface area contributed by atoms with E-state index in [1.54, 1.807) is 6.07 Å². The van der Waals surface area contributed by atoms with Gasteiger partial charge in [-0.1, -0.05) is 18.2 Å². The van der Waals surface area contributed by atoms with Crippen molar-refractivity contribution in [3.63, 3.8) is 0 Å². The molecule has 0 aliphatic carbocycles. The summed E-state index contributed by atoms with van der Waals surface area (Å²) in [6, 6.07) is 13.0. The zero-order chi connectivity index (χ0) is 10.3. The highest BCUT2D eigenvalue weighted by Crippen LogP contribution is 2.47. The summed E-state index contributed by atoms with van der Waals surface area (Å²) < 4.78 is 11.3. The molecule has 0 radical (unpaired) electrons. The van der Waals surface area contributed by atoms with Gasteiger partial charge in [-0.15, -0.1) is 0 Å². The molecule has 3 nitrogen and oxygen atoms in total. The minimum absolute atomic E-state index is 0.585. The van der Waals surface area contributed by atoms with Crippen LogP contribution in [0.4, 0.5) is 5.69 Å². The van der Waals surface area contributed by atoms with Crippen LogP contribution in [0.2, 0.25) is 0 Å². The molecule has 0 unspecified atom stereocenters. The smallest absolute Gasteiger partial charge is 0.192 e. The molecular weight excluding hydrogens is 190 g/mol. The Morgan fingerprint density at radius 3 is 2.20 bits per heavy atom. The maximum atomic E-state index is 5.79. The molecule has 0 aromatic heterocycles. The first kappa shape index (κ1) is 8.17. The molecule has 0 amide bonds. The van der Waals surface area contributed by atoms with Gasteiger partial charge in [0.25, 0.3) is 0 Å². The van der Waals surface area contributed by atoms with Crippen LogP contribution in [0.15, 0.2) is 42.5 Å². The molecule has 0 saturated carbocycles.